The van der Waals surface area contributed by atoms with Crippen molar-refractivity contribution in [2.45, 2.75) is 32.6 Å². The summed E-state index contributed by atoms with van der Waals surface area (Å²) < 4.78 is 0. The zero-order valence-electron chi connectivity index (χ0n) is 11.5. The Balaban J connectivity index is 1.92. The lowest BCUT2D eigenvalue weighted by Gasteiger charge is -2.24. The van der Waals surface area contributed by atoms with Gasteiger partial charge in [-0.3, -0.25) is 9.78 Å². The molecule has 0 radical (unpaired) electrons. The van der Waals surface area contributed by atoms with Crippen LogP contribution in [0.4, 0.5) is 10.5 Å². The molecule has 0 spiro atoms. The molecule has 1 fully saturated rings. The van der Waals surface area contributed by atoms with Crippen LogP contribution in [0.3, 0.4) is 0 Å². The van der Waals surface area contributed by atoms with Crippen molar-refractivity contribution in [3.63, 3.8) is 0 Å². The summed E-state index contributed by atoms with van der Waals surface area (Å²) in [4.78, 5) is 27.2. The number of nitrogens with zero attached hydrogens (tertiary/aromatic N) is 1. The van der Waals surface area contributed by atoms with Crippen molar-refractivity contribution in [2.24, 2.45) is 5.41 Å². The Morgan fingerprint density at radius 2 is 2.10 bits per heavy atom. The van der Waals surface area contributed by atoms with E-state index in [4.69, 9.17) is 0 Å². The van der Waals surface area contributed by atoms with Gasteiger partial charge >= 0.3 is 12.0 Å². The van der Waals surface area contributed by atoms with Crippen LogP contribution in [-0.2, 0) is 4.79 Å². The summed E-state index contributed by atoms with van der Waals surface area (Å²) in [6, 6.07) is 1.40. The van der Waals surface area contributed by atoms with Gasteiger partial charge in [-0.2, -0.15) is 0 Å². The number of aromatic nitrogens is 1. The number of aryl methyl sites for hydroxylation is 1. The number of hydrogen-bond donors (Lipinski definition) is 3. The SMILES string of the molecule is Cc1ccncc1NC(=O)NCC1(C(=O)O)CCCC1. The summed E-state index contributed by atoms with van der Waals surface area (Å²) in [6.45, 7) is 2.03. The summed E-state index contributed by atoms with van der Waals surface area (Å²) in [6.07, 6.45) is 6.26. The number of carbonyl (C=O) groups is 2. The topological polar surface area (TPSA) is 91.3 Å². The minimum Gasteiger partial charge on any atom is -0.481 e. The molecule has 2 amide bonds. The monoisotopic (exact) mass is 277 g/mol. The lowest BCUT2D eigenvalue weighted by molar-refractivity contribution is -0.148. The van der Waals surface area contributed by atoms with Gasteiger partial charge in [-0.05, 0) is 31.4 Å². The Kier molecular flexibility index (Phi) is 4.22. The van der Waals surface area contributed by atoms with Gasteiger partial charge in [0.1, 0.15) is 0 Å². The highest BCUT2D eigenvalue weighted by molar-refractivity contribution is 5.90. The molecule has 3 N–H and O–H groups in total. The molecule has 6 nitrogen and oxygen atoms in total. The molecule has 1 aliphatic carbocycles. The predicted molar refractivity (Wildman–Crippen MR) is 74.5 cm³/mol. The number of anilines is 1. The first-order valence-electron chi connectivity index (χ1n) is 6.72. The number of carbonyl (C=O) groups excluding carboxylic acids is 1. The maximum absolute atomic E-state index is 11.8. The number of carboxylic acid groups (broad SMARTS) is 1. The van der Waals surface area contributed by atoms with E-state index in [0.29, 0.717) is 18.5 Å². The van der Waals surface area contributed by atoms with Gasteiger partial charge < -0.3 is 15.7 Å². The van der Waals surface area contributed by atoms with Crippen molar-refractivity contribution in [3.8, 4) is 0 Å². The van der Waals surface area contributed by atoms with Crippen LogP contribution >= 0.6 is 0 Å². The third kappa shape index (κ3) is 3.07. The maximum atomic E-state index is 11.8. The van der Waals surface area contributed by atoms with Crippen LogP contribution in [0, 0.1) is 12.3 Å². The molecule has 1 aromatic heterocycles. The number of pyridine rings is 1. The van der Waals surface area contributed by atoms with E-state index in [2.05, 4.69) is 15.6 Å². The van der Waals surface area contributed by atoms with Crippen LogP contribution in [0.15, 0.2) is 18.5 Å². The van der Waals surface area contributed by atoms with E-state index >= 15 is 0 Å². The van der Waals surface area contributed by atoms with Crippen molar-refractivity contribution >= 4 is 17.7 Å². The summed E-state index contributed by atoms with van der Waals surface area (Å²) in [7, 11) is 0. The lowest BCUT2D eigenvalue weighted by atomic mass is 9.86. The Labute approximate surface area is 117 Å². The quantitative estimate of drug-likeness (QED) is 0.786. The maximum Gasteiger partial charge on any atom is 0.319 e. The number of carboxylic acids is 1. The van der Waals surface area contributed by atoms with Crippen LogP contribution in [0.25, 0.3) is 0 Å². The molecule has 108 valence electrons. The third-order valence-corrected chi connectivity index (χ3v) is 3.89. The van der Waals surface area contributed by atoms with E-state index < -0.39 is 17.4 Å². The second-order valence-electron chi connectivity index (χ2n) is 5.29. The molecule has 1 saturated carbocycles. The Hall–Kier alpha value is -2.11. The lowest BCUT2D eigenvalue weighted by Crippen LogP contribution is -2.42. The Morgan fingerprint density at radius 3 is 2.70 bits per heavy atom. The van der Waals surface area contributed by atoms with Gasteiger partial charge in [0, 0.05) is 12.7 Å². The van der Waals surface area contributed by atoms with Gasteiger partial charge in [0.25, 0.3) is 0 Å². The first-order chi connectivity index (χ1) is 9.53. The van der Waals surface area contributed by atoms with E-state index in [0.717, 1.165) is 18.4 Å². The zero-order chi connectivity index (χ0) is 14.6. The van der Waals surface area contributed by atoms with E-state index in [1.807, 2.05) is 6.92 Å². The third-order valence-electron chi connectivity index (χ3n) is 3.89. The second-order valence-corrected chi connectivity index (χ2v) is 5.29. The molecule has 0 atom stereocenters. The molecule has 1 aliphatic rings. The van der Waals surface area contributed by atoms with Crippen molar-refractivity contribution in [1.29, 1.82) is 0 Å². The highest BCUT2D eigenvalue weighted by atomic mass is 16.4. The largest absolute Gasteiger partial charge is 0.481 e. The van der Waals surface area contributed by atoms with Gasteiger partial charge in [-0.25, -0.2) is 4.79 Å². The number of hydrogen-bond acceptors (Lipinski definition) is 3. The summed E-state index contributed by atoms with van der Waals surface area (Å²) in [5, 5.41) is 14.7. The molecule has 0 aromatic carbocycles. The normalized spacial score (nSPS) is 16.6. The standard InChI is InChI=1S/C14H19N3O3/c1-10-4-7-15-8-11(10)17-13(20)16-9-14(12(18)19)5-2-3-6-14/h4,7-8H,2-3,5-6,9H2,1H3,(H,18,19)(H2,16,17,20). The van der Waals surface area contributed by atoms with Crippen molar-refractivity contribution in [2.75, 3.05) is 11.9 Å². The van der Waals surface area contributed by atoms with Crippen LogP contribution in [0.5, 0.6) is 0 Å². The van der Waals surface area contributed by atoms with Crippen molar-refractivity contribution in [1.82, 2.24) is 10.3 Å². The summed E-state index contributed by atoms with van der Waals surface area (Å²) >= 11 is 0. The number of urea groups is 1. The van der Waals surface area contributed by atoms with Crippen LogP contribution in [0.1, 0.15) is 31.2 Å². The smallest absolute Gasteiger partial charge is 0.319 e. The number of aliphatic carboxylic acids is 1. The highest BCUT2D eigenvalue weighted by Gasteiger charge is 2.41. The molecule has 0 saturated heterocycles. The van der Waals surface area contributed by atoms with Gasteiger partial charge in [0.2, 0.25) is 0 Å². The summed E-state index contributed by atoms with van der Waals surface area (Å²) in [5.41, 5.74) is 0.728. The molecule has 0 aliphatic heterocycles. The number of rotatable bonds is 4. The molecule has 6 heteroatoms. The Morgan fingerprint density at radius 1 is 1.40 bits per heavy atom. The zero-order valence-corrected chi connectivity index (χ0v) is 11.5. The van der Waals surface area contributed by atoms with E-state index in [-0.39, 0.29) is 6.54 Å². The second kappa shape index (κ2) is 5.90. The van der Waals surface area contributed by atoms with E-state index in [1.165, 1.54) is 0 Å². The van der Waals surface area contributed by atoms with E-state index in [9.17, 15) is 14.7 Å². The minimum atomic E-state index is -0.826. The van der Waals surface area contributed by atoms with Gasteiger partial charge in [0.05, 0.1) is 17.3 Å². The fourth-order valence-electron chi connectivity index (χ4n) is 2.53. The molecule has 1 aromatic rings. The molecule has 0 unspecified atom stereocenters. The molecule has 0 bridgehead atoms. The number of nitrogens with one attached hydrogen (secondary N) is 2. The van der Waals surface area contributed by atoms with Crippen LogP contribution < -0.4 is 10.6 Å². The average molecular weight is 277 g/mol. The fraction of sp³-hybridized carbons (Fsp3) is 0.500. The average Bonchev–Trinajstić information content (AvgIpc) is 2.89. The molecular formula is C14H19N3O3. The van der Waals surface area contributed by atoms with Crippen LogP contribution in [-0.4, -0.2) is 28.6 Å². The summed E-state index contributed by atoms with van der Waals surface area (Å²) in [5.74, 6) is -0.826. The van der Waals surface area contributed by atoms with Crippen molar-refractivity contribution < 1.29 is 14.7 Å². The van der Waals surface area contributed by atoms with Crippen LogP contribution in [0.2, 0.25) is 0 Å². The fourth-order valence-corrected chi connectivity index (χ4v) is 2.53. The van der Waals surface area contributed by atoms with Gasteiger partial charge in [-0.1, -0.05) is 12.8 Å². The predicted octanol–water partition coefficient (Wildman–Crippen LogP) is 2.16. The molecule has 1 heterocycles. The van der Waals surface area contributed by atoms with E-state index in [1.54, 1.807) is 18.5 Å². The molecular weight excluding hydrogens is 258 g/mol. The Bertz CT molecular complexity index is 510. The van der Waals surface area contributed by atoms with Gasteiger partial charge in [0.15, 0.2) is 0 Å². The molecule has 2 rings (SSSR count). The first-order valence-corrected chi connectivity index (χ1v) is 6.72. The van der Waals surface area contributed by atoms with Gasteiger partial charge in [-0.15, -0.1) is 0 Å². The number of amides is 2. The molecule has 20 heavy (non-hydrogen) atoms. The van der Waals surface area contributed by atoms with Crippen molar-refractivity contribution in [3.05, 3.63) is 24.0 Å². The highest BCUT2D eigenvalue weighted by Crippen LogP contribution is 2.37. The first kappa shape index (κ1) is 14.3. The minimum absolute atomic E-state index is 0.160.